The highest BCUT2D eigenvalue weighted by Crippen LogP contribution is 2.33. The molecular formula is C17H19N3OS2. The molecule has 1 heterocycles. The van der Waals surface area contributed by atoms with Gasteiger partial charge in [-0.15, -0.1) is 10.2 Å². The van der Waals surface area contributed by atoms with E-state index in [1.165, 1.54) is 53.5 Å². The van der Waals surface area contributed by atoms with Crippen molar-refractivity contribution in [3.8, 4) is 0 Å². The average Bonchev–Trinajstić information content (AvgIpc) is 3.06. The maximum atomic E-state index is 12.7. The van der Waals surface area contributed by atoms with Gasteiger partial charge in [-0.1, -0.05) is 35.2 Å². The van der Waals surface area contributed by atoms with Crippen molar-refractivity contribution in [1.29, 1.82) is 0 Å². The van der Waals surface area contributed by atoms with Crippen LogP contribution in [0.5, 0.6) is 0 Å². The van der Waals surface area contributed by atoms with Crippen molar-refractivity contribution in [2.24, 2.45) is 0 Å². The lowest BCUT2D eigenvalue weighted by Crippen LogP contribution is -2.13. The molecule has 2 aliphatic rings. The van der Waals surface area contributed by atoms with Gasteiger partial charge in [0.2, 0.25) is 5.13 Å². The first kappa shape index (κ1) is 15.1. The fourth-order valence-electron chi connectivity index (χ4n) is 2.88. The molecule has 1 N–H and O–H groups in total. The van der Waals surface area contributed by atoms with Gasteiger partial charge in [0.05, 0.1) is 5.25 Å². The fraction of sp³-hybridized carbons (Fsp3) is 0.471. The number of carbonyl (C=O) groups excluding carboxylic acids is 1. The summed E-state index contributed by atoms with van der Waals surface area (Å²) in [6.45, 7) is 1.95. The molecular weight excluding hydrogens is 326 g/mol. The van der Waals surface area contributed by atoms with E-state index in [2.05, 4.69) is 27.6 Å². The van der Waals surface area contributed by atoms with Crippen LogP contribution in [0.2, 0.25) is 0 Å². The zero-order valence-corrected chi connectivity index (χ0v) is 14.7. The molecule has 1 atom stereocenters. The van der Waals surface area contributed by atoms with Gasteiger partial charge in [0, 0.05) is 11.6 Å². The van der Waals surface area contributed by atoms with E-state index in [4.69, 9.17) is 0 Å². The number of Topliss-reactive ketones (excluding diaryl/α,β-unsaturated/α-hetero) is 1. The van der Waals surface area contributed by atoms with Crippen LogP contribution in [-0.4, -0.2) is 27.3 Å². The van der Waals surface area contributed by atoms with Crippen LogP contribution in [-0.2, 0) is 12.8 Å². The van der Waals surface area contributed by atoms with Crippen molar-refractivity contribution in [3.63, 3.8) is 0 Å². The summed E-state index contributed by atoms with van der Waals surface area (Å²) in [5, 5.41) is 12.4. The molecule has 0 saturated heterocycles. The van der Waals surface area contributed by atoms with E-state index in [0.717, 1.165) is 27.9 Å². The fourth-order valence-corrected chi connectivity index (χ4v) is 4.93. The van der Waals surface area contributed by atoms with Crippen LogP contribution in [0.15, 0.2) is 22.5 Å². The topological polar surface area (TPSA) is 54.9 Å². The number of hydrogen-bond acceptors (Lipinski definition) is 6. The van der Waals surface area contributed by atoms with Gasteiger partial charge in [0.25, 0.3) is 0 Å². The van der Waals surface area contributed by atoms with E-state index in [0.29, 0.717) is 6.04 Å². The Balaban J connectivity index is 1.42. The highest BCUT2D eigenvalue weighted by atomic mass is 32.2. The number of aryl methyl sites for hydroxylation is 2. The van der Waals surface area contributed by atoms with E-state index < -0.39 is 0 Å². The second kappa shape index (κ2) is 6.24. The number of ketones is 1. The van der Waals surface area contributed by atoms with Crippen molar-refractivity contribution < 1.29 is 4.79 Å². The minimum Gasteiger partial charge on any atom is -0.357 e. The Hall–Kier alpha value is -1.40. The maximum absolute atomic E-state index is 12.7. The van der Waals surface area contributed by atoms with Crippen LogP contribution in [0.25, 0.3) is 0 Å². The Morgan fingerprint density at radius 2 is 2.13 bits per heavy atom. The standard InChI is InChI=1S/C17H19N3OS2/c1-10(22-17-20-19-16(23-17)18-14-7-8-14)15(21)13-6-5-11-3-2-4-12(11)9-13/h5-6,9-10,14H,2-4,7-8H2,1H3,(H,18,19). The summed E-state index contributed by atoms with van der Waals surface area (Å²) in [6, 6.07) is 6.76. The van der Waals surface area contributed by atoms with Gasteiger partial charge in [-0.3, -0.25) is 4.79 Å². The second-order valence-corrected chi connectivity index (χ2v) is 8.82. The zero-order valence-electron chi connectivity index (χ0n) is 13.0. The molecule has 2 aliphatic carbocycles. The summed E-state index contributed by atoms with van der Waals surface area (Å²) >= 11 is 3.04. The number of benzene rings is 1. The number of rotatable bonds is 6. The maximum Gasteiger partial charge on any atom is 0.206 e. The van der Waals surface area contributed by atoms with Gasteiger partial charge in [-0.2, -0.15) is 0 Å². The monoisotopic (exact) mass is 345 g/mol. The normalized spacial score (nSPS) is 17.8. The molecule has 1 aromatic heterocycles. The Kier molecular flexibility index (Phi) is 4.11. The molecule has 1 aromatic carbocycles. The first-order valence-corrected chi connectivity index (χ1v) is 9.81. The van der Waals surface area contributed by atoms with Crippen molar-refractivity contribution in [3.05, 3.63) is 34.9 Å². The first-order chi connectivity index (χ1) is 11.2. The molecule has 4 rings (SSSR count). The molecule has 0 radical (unpaired) electrons. The Morgan fingerprint density at radius 3 is 2.96 bits per heavy atom. The van der Waals surface area contributed by atoms with Gasteiger partial charge in [-0.05, 0) is 56.2 Å². The minimum absolute atomic E-state index is 0.142. The number of nitrogens with zero attached hydrogens (tertiary/aromatic N) is 2. The van der Waals surface area contributed by atoms with E-state index >= 15 is 0 Å². The number of hydrogen-bond donors (Lipinski definition) is 1. The lowest BCUT2D eigenvalue weighted by atomic mass is 10.0. The van der Waals surface area contributed by atoms with Gasteiger partial charge < -0.3 is 5.32 Å². The Bertz CT molecular complexity index is 739. The molecule has 0 spiro atoms. The summed E-state index contributed by atoms with van der Waals surface area (Å²) in [5.41, 5.74) is 3.58. The number of carbonyl (C=O) groups is 1. The molecule has 0 amide bonds. The molecule has 0 bridgehead atoms. The van der Waals surface area contributed by atoms with Crippen LogP contribution in [0.3, 0.4) is 0 Å². The smallest absolute Gasteiger partial charge is 0.206 e. The van der Waals surface area contributed by atoms with Crippen LogP contribution in [0, 0.1) is 0 Å². The second-order valence-electron chi connectivity index (χ2n) is 6.25. The SMILES string of the molecule is CC(Sc1nnc(NC2CC2)s1)C(=O)c1ccc2c(c1)CCC2. The first-order valence-electron chi connectivity index (χ1n) is 8.12. The number of thioether (sulfide) groups is 1. The number of fused-ring (bicyclic) bond motifs is 1. The van der Waals surface area contributed by atoms with Crippen molar-refractivity contribution in [2.75, 3.05) is 5.32 Å². The number of aromatic nitrogens is 2. The lowest BCUT2D eigenvalue weighted by molar-refractivity contribution is 0.0994. The van der Waals surface area contributed by atoms with E-state index in [9.17, 15) is 4.79 Å². The molecule has 1 fully saturated rings. The highest BCUT2D eigenvalue weighted by Gasteiger charge is 2.24. The minimum atomic E-state index is -0.142. The zero-order chi connectivity index (χ0) is 15.8. The quantitative estimate of drug-likeness (QED) is 0.634. The van der Waals surface area contributed by atoms with E-state index in [-0.39, 0.29) is 11.0 Å². The van der Waals surface area contributed by atoms with Crippen LogP contribution in [0.4, 0.5) is 5.13 Å². The van der Waals surface area contributed by atoms with Crippen molar-refractivity contribution >= 4 is 34.0 Å². The Morgan fingerprint density at radius 1 is 1.30 bits per heavy atom. The summed E-state index contributed by atoms with van der Waals surface area (Å²) in [6.07, 6.45) is 5.89. The highest BCUT2D eigenvalue weighted by molar-refractivity contribution is 8.02. The molecule has 6 heteroatoms. The molecule has 4 nitrogen and oxygen atoms in total. The lowest BCUT2D eigenvalue weighted by Gasteiger charge is -2.09. The third-order valence-corrected chi connectivity index (χ3v) is 6.38. The van der Waals surface area contributed by atoms with Crippen LogP contribution < -0.4 is 5.32 Å². The Labute approximate surface area is 144 Å². The van der Waals surface area contributed by atoms with E-state index in [1.807, 2.05) is 13.0 Å². The number of nitrogens with one attached hydrogen (secondary N) is 1. The van der Waals surface area contributed by atoms with Gasteiger partial charge in [-0.25, -0.2) is 0 Å². The average molecular weight is 345 g/mol. The van der Waals surface area contributed by atoms with Crippen molar-refractivity contribution in [2.45, 2.75) is 54.7 Å². The summed E-state index contributed by atoms with van der Waals surface area (Å²) in [7, 11) is 0. The predicted octanol–water partition coefficient (Wildman–Crippen LogP) is 3.96. The summed E-state index contributed by atoms with van der Waals surface area (Å²) < 4.78 is 0.857. The molecule has 2 aromatic rings. The molecule has 120 valence electrons. The van der Waals surface area contributed by atoms with Gasteiger partial charge in [0.15, 0.2) is 10.1 Å². The predicted molar refractivity (Wildman–Crippen MR) is 94.7 cm³/mol. The van der Waals surface area contributed by atoms with Crippen molar-refractivity contribution in [1.82, 2.24) is 10.2 Å². The molecule has 1 unspecified atom stereocenters. The number of anilines is 1. The molecule has 23 heavy (non-hydrogen) atoms. The summed E-state index contributed by atoms with van der Waals surface area (Å²) in [4.78, 5) is 12.7. The van der Waals surface area contributed by atoms with E-state index in [1.54, 1.807) is 0 Å². The largest absolute Gasteiger partial charge is 0.357 e. The van der Waals surface area contributed by atoms with Crippen LogP contribution in [0.1, 0.15) is 47.7 Å². The third-order valence-electron chi connectivity index (χ3n) is 4.34. The van der Waals surface area contributed by atoms with Crippen LogP contribution >= 0.6 is 23.1 Å². The van der Waals surface area contributed by atoms with Gasteiger partial charge >= 0.3 is 0 Å². The molecule has 1 saturated carbocycles. The third kappa shape index (κ3) is 3.43. The summed E-state index contributed by atoms with van der Waals surface area (Å²) in [5.74, 6) is 0.177. The molecule has 0 aliphatic heterocycles. The van der Waals surface area contributed by atoms with Gasteiger partial charge in [0.1, 0.15) is 0 Å².